The first-order valence-corrected chi connectivity index (χ1v) is 15.2. The third kappa shape index (κ3) is 3.69. The van der Waals surface area contributed by atoms with Gasteiger partial charge in [-0.15, -0.1) is 0 Å². The van der Waals surface area contributed by atoms with E-state index in [4.69, 9.17) is 14.2 Å². The van der Waals surface area contributed by atoms with Gasteiger partial charge in [-0.05, 0) is 111 Å². The number of carbonyl (C=O) groups is 1. The predicted molar refractivity (Wildman–Crippen MR) is 137 cm³/mol. The number of hydrogen-bond acceptors (Lipinski definition) is 4. The molecule has 6 aliphatic rings. The zero-order valence-corrected chi connectivity index (χ0v) is 23.0. The molecule has 12 atom stereocenters. The highest BCUT2D eigenvalue weighted by Crippen LogP contribution is 2.71. The highest BCUT2D eigenvalue weighted by Gasteiger charge is 2.69. The molecule has 2 aliphatic heterocycles. The molecule has 0 amide bonds. The van der Waals surface area contributed by atoms with E-state index in [9.17, 15) is 4.79 Å². The summed E-state index contributed by atoms with van der Waals surface area (Å²) in [7, 11) is 0. The van der Waals surface area contributed by atoms with Crippen molar-refractivity contribution in [1.29, 1.82) is 0 Å². The predicted octanol–water partition coefficient (Wildman–Crippen LogP) is 7.14. The van der Waals surface area contributed by atoms with Gasteiger partial charge in [-0.2, -0.15) is 0 Å². The highest BCUT2D eigenvalue weighted by atomic mass is 16.7. The van der Waals surface area contributed by atoms with Crippen molar-refractivity contribution in [2.45, 2.75) is 130 Å². The Hall–Kier alpha value is -0.610. The fourth-order valence-electron chi connectivity index (χ4n) is 10.8. The Kier molecular flexibility index (Phi) is 6.15. The monoisotopic (exact) mass is 486 g/mol. The Labute approximate surface area is 213 Å². The van der Waals surface area contributed by atoms with Crippen LogP contribution in [0.15, 0.2) is 0 Å². The Morgan fingerprint density at radius 3 is 2.49 bits per heavy atom. The van der Waals surface area contributed by atoms with Crippen LogP contribution in [-0.2, 0) is 19.0 Å². The molecular formula is C31H50O4. The zero-order chi connectivity index (χ0) is 24.6. The van der Waals surface area contributed by atoms with Crippen LogP contribution in [0.2, 0.25) is 0 Å². The highest BCUT2D eigenvalue weighted by molar-refractivity contribution is 5.69. The van der Waals surface area contributed by atoms with Gasteiger partial charge < -0.3 is 14.2 Å². The van der Waals surface area contributed by atoms with E-state index in [1.165, 1.54) is 44.9 Å². The quantitative estimate of drug-likeness (QED) is 0.398. The molecule has 4 heteroatoms. The summed E-state index contributed by atoms with van der Waals surface area (Å²) < 4.78 is 19.3. The van der Waals surface area contributed by atoms with Crippen molar-refractivity contribution in [2.24, 2.45) is 52.3 Å². The number of hydrogen-bond donors (Lipinski definition) is 0. The second kappa shape index (κ2) is 8.72. The van der Waals surface area contributed by atoms with E-state index in [0.29, 0.717) is 41.1 Å². The fraction of sp³-hybridized carbons (Fsp3) is 0.968. The third-order valence-electron chi connectivity index (χ3n) is 12.6. The van der Waals surface area contributed by atoms with Gasteiger partial charge in [0.05, 0.1) is 12.7 Å². The maximum absolute atomic E-state index is 12.1. The largest absolute Gasteiger partial charge is 0.462 e. The fourth-order valence-corrected chi connectivity index (χ4v) is 10.8. The van der Waals surface area contributed by atoms with Gasteiger partial charge in [0.25, 0.3) is 0 Å². The topological polar surface area (TPSA) is 44.8 Å². The first-order valence-electron chi connectivity index (χ1n) is 15.2. The van der Waals surface area contributed by atoms with Crippen molar-refractivity contribution in [3.05, 3.63) is 0 Å². The van der Waals surface area contributed by atoms with Gasteiger partial charge >= 0.3 is 5.97 Å². The van der Waals surface area contributed by atoms with Crippen molar-refractivity contribution in [2.75, 3.05) is 6.61 Å². The van der Waals surface area contributed by atoms with Crippen LogP contribution in [0.25, 0.3) is 0 Å². The number of ether oxygens (including phenoxy) is 3. The summed E-state index contributed by atoms with van der Waals surface area (Å²) in [6, 6.07) is 0. The van der Waals surface area contributed by atoms with Gasteiger partial charge in [-0.25, -0.2) is 0 Å². The molecule has 0 unspecified atom stereocenters. The molecule has 2 heterocycles. The first-order chi connectivity index (χ1) is 16.7. The molecule has 0 radical (unpaired) electrons. The van der Waals surface area contributed by atoms with Gasteiger partial charge in [0.15, 0.2) is 5.79 Å². The summed E-state index contributed by atoms with van der Waals surface area (Å²) in [5, 5.41) is 0. The van der Waals surface area contributed by atoms with Crippen molar-refractivity contribution < 1.29 is 19.0 Å². The van der Waals surface area contributed by atoms with E-state index in [2.05, 4.69) is 34.6 Å². The summed E-state index contributed by atoms with van der Waals surface area (Å²) in [6.45, 7) is 12.9. The summed E-state index contributed by atoms with van der Waals surface area (Å²) >= 11 is 0. The maximum atomic E-state index is 12.1. The number of esters is 1. The number of carbonyl (C=O) groups excluding carboxylic acids is 1. The molecule has 4 aliphatic carbocycles. The minimum atomic E-state index is -0.302. The molecule has 0 aromatic rings. The van der Waals surface area contributed by atoms with E-state index in [1.54, 1.807) is 0 Å². The number of fused-ring (bicyclic) bond motifs is 7. The third-order valence-corrected chi connectivity index (χ3v) is 12.6. The Morgan fingerprint density at radius 1 is 0.943 bits per heavy atom. The van der Waals surface area contributed by atoms with Crippen molar-refractivity contribution >= 4 is 5.97 Å². The molecule has 0 bridgehead atoms. The van der Waals surface area contributed by atoms with Gasteiger partial charge in [-0.3, -0.25) is 4.79 Å². The molecule has 4 nitrogen and oxygen atoms in total. The average molecular weight is 487 g/mol. The molecular weight excluding hydrogens is 436 g/mol. The first kappa shape index (κ1) is 24.7. The molecule has 4 saturated carbocycles. The summed E-state index contributed by atoms with van der Waals surface area (Å²) in [5.74, 6) is 4.74. The van der Waals surface area contributed by atoms with Crippen LogP contribution in [0.5, 0.6) is 0 Å². The summed E-state index contributed by atoms with van der Waals surface area (Å²) in [4.78, 5) is 12.1. The lowest BCUT2D eigenvalue weighted by Crippen LogP contribution is -2.55. The minimum Gasteiger partial charge on any atom is -0.462 e. The normalized spacial score (nSPS) is 55.1. The van der Waals surface area contributed by atoms with Gasteiger partial charge in [0.1, 0.15) is 6.10 Å². The number of rotatable bonds is 3. The Morgan fingerprint density at radius 2 is 1.74 bits per heavy atom. The second-order valence-electron chi connectivity index (χ2n) is 14.3. The van der Waals surface area contributed by atoms with Crippen LogP contribution in [0, 0.1) is 52.3 Å². The lowest BCUT2D eigenvalue weighted by atomic mass is 9.44. The Balaban J connectivity index is 1.17. The van der Waals surface area contributed by atoms with Crippen LogP contribution >= 0.6 is 0 Å². The van der Waals surface area contributed by atoms with E-state index in [1.807, 2.05) is 0 Å². The summed E-state index contributed by atoms with van der Waals surface area (Å²) in [6.07, 6.45) is 14.4. The van der Waals surface area contributed by atoms with E-state index < -0.39 is 0 Å². The molecule has 198 valence electrons. The molecule has 0 aromatic carbocycles. The Bertz CT molecular complexity index is 817. The van der Waals surface area contributed by atoms with Crippen LogP contribution < -0.4 is 0 Å². The molecule has 2 saturated heterocycles. The smallest absolute Gasteiger partial charge is 0.306 e. The molecule has 35 heavy (non-hydrogen) atoms. The zero-order valence-electron chi connectivity index (χ0n) is 23.0. The second-order valence-corrected chi connectivity index (χ2v) is 14.3. The van der Waals surface area contributed by atoms with Gasteiger partial charge in [0.2, 0.25) is 0 Å². The van der Waals surface area contributed by atoms with Crippen LogP contribution in [0.1, 0.15) is 112 Å². The maximum Gasteiger partial charge on any atom is 0.306 e. The molecule has 6 fully saturated rings. The van der Waals surface area contributed by atoms with Crippen molar-refractivity contribution in [1.82, 2.24) is 0 Å². The standard InChI is InChI=1S/C31H50O4/c1-6-7-27(32)34-22-11-13-29(4)21(16-22)8-9-23-24(29)12-14-30(5)25(23)17-26-28(30)20(3)31(35-26)15-10-19(2)18-33-31/h19-26,28H,6-18H2,1-5H3/t19-,20-,21-,22+,23+,24+,25+,26-,28+,29-,30-,31+/m0/s1. The van der Waals surface area contributed by atoms with E-state index >= 15 is 0 Å². The van der Waals surface area contributed by atoms with Crippen LogP contribution in [-0.4, -0.2) is 30.6 Å². The van der Waals surface area contributed by atoms with Gasteiger partial charge in [-0.1, -0.05) is 34.6 Å². The van der Waals surface area contributed by atoms with Gasteiger partial charge in [0, 0.05) is 18.8 Å². The lowest BCUT2D eigenvalue weighted by molar-refractivity contribution is -0.273. The molecule has 0 aromatic heterocycles. The van der Waals surface area contributed by atoms with Crippen LogP contribution in [0.4, 0.5) is 0 Å². The van der Waals surface area contributed by atoms with E-state index in [-0.39, 0.29) is 17.9 Å². The summed E-state index contributed by atoms with van der Waals surface area (Å²) in [5.41, 5.74) is 0.823. The average Bonchev–Trinajstić information content (AvgIpc) is 3.26. The van der Waals surface area contributed by atoms with Crippen LogP contribution in [0.3, 0.4) is 0 Å². The van der Waals surface area contributed by atoms with Crippen molar-refractivity contribution in [3.63, 3.8) is 0 Å². The van der Waals surface area contributed by atoms with E-state index in [0.717, 1.165) is 56.0 Å². The lowest BCUT2D eigenvalue weighted by Gasteiger charge is -2.61. The molecule has 1 spiro atoms. The molecule has 6 rings (SSSR count). The SMILES string of the molecule is CCCC(=O)O[C@@H]1CC[C@@]2(C)[C@@H](CC[C@@H]3[C@H]2CC[C@]2(C)[C@H]4[C@H](C[C@H]32)O[C@]2(CC[C@H](C)CO2)[C@H]4C)C1. The minimum absolute atomic E-state index is 0.0176. The molecule has 0 N–H and O–H groups in total. The van der Waals surface area contributed by atoms with Crippen molar-refractivity contribution in [3.8, 4) is 0 Å².